The molecule has 1 aromatic heterocycles. The third-order valence-electron chi connectivity index (χ3n) is 5.14. The minimum absolute atomic E-state index is 0.0113. The van der Waals surface area contributed by atoms with Gasteiger partial charge in [0.05, 0.1) is 25.9 Å². The Morgan fingerprint density at radius 1 is 1.30 bits per heavy atom. The maximum atomic E-state index is 12.4. The van der Waals surface area contributed by atoms with E-state index in [9.17, 15) is 4.79 Å². The van der Waals surface area contributed by atoms with E-state index in [1.165, 1.54) is 0 Å². The largest absolute Gasteiger partial charge is 0.489 e. The number of hydrogen-bond acceptors (Lipinski definition) is 5. The molecule has 0 saturated carbocycles. The highest BCUT2D eigenvalue weighted by Gasteiger charge is 2.49. The summed E-state index contributed by atoms with van der Waals surface area (Å²) >= 11 is 0. The van der Waals surface area contributed by atoms with Gasteiger partial charge in [-0.3, -0.25) is 9.78 Å². The molecule has 2 aromatic rings. The van der Waals surface area contributed by atoms with Gasteiger partial charge in [-0.1, -0.05) is 18.2 Å². The van der Waals surface area contributed by atoms with Crippen LogP contribution in [0.2, 0.25) is 0 Å². The molecule has 1 amide bonds. The summed E-state index contributed by atoms with van der Waals surface area (Å²) in [5.74, 6) is 1.51. The lowest BCUT2D eigenvalue weighted by Gasteiger charge is -2.52. The molecule has 27 heavy (non-hydrogen) atoms. The number of para-hydroxylation sites is 1. The Balaban J connectivity index is 1.27. The molecule has 3 heterocycles. The van der Waals surface area contributed by atoms with Gasteiger partial charge in [0, 0.05) is 19.0 Å². The summed E-state index contributed by atoms with van der Waals surface area (Å²) in [5.41, 5.74) is 0.736. The SMILES string of the molecule is Cc1ccccc1OCC(=O)N1CC2(CC(Oc3cccnc3)CCO2)C1. The van der Waals surface area contributed by atoms with Crippen LogP contribution in [-0.2, 0) is 9.53 Å². The smallest absolute Gasteiger partial charge is 0.260 e. The molecule has 4 rings (SSSR count). The summed E-state index contributed by atoms with van der Waals surface area (Å²) in [6.45, 7) is 3.85. The van der Waals surface area contributed by atoms with E-state index in [4.69, 9.17) is 14.2 Å². The van der Waals surface area contributed by atoms with Crippen molar-refractivity contribution in [3.63, 3.8) is 0 Å². The Morgan fingerprint density at radius 3 is 2.93 bits per heavy atom. The fraction of sp³-hybridized carbons (Fsp3) is 0.429. The van der Waals surface area contributed by atoms with Crippen molar-refractivity contribution in [3.05, 3.63) is 54.4 Å². The lowest BCUT2D eigenvalue weighted by atomic mass is 9.84. The van der Waals surface area contributed by atoms with Gasteiger partial charge in [0.25, 0.3) is 5.91 Å². The lowest BCUT2D eigenvalue weighted by Crippen LogP contribution is -2.68. The average molecular weight is 368 g/mol. The van der Waals surface area contributed by atoms with Gasteiger partial charge in [-0.25, -0.2) is 0 Å². The minimum Gasteiger partial charge on any atom is -0.489 e. The van der Waals surface area contributed by atoms with Crippen LogP contribution in [0.25, 0.3) is 0 Å². The first-order valence-electron chi connectivity index (χ1n) is 9.30. The van der Waals surface area contributed by atoms with Crippen molar-refractivity contribution in [3.8, 4) is 11.5 Å². The molecule has 0 bridgehead atoms. The molecule has 1 unspecified atom stereocenters. The number of hydrogen-bond donors (Lipinski definition) is 0. The van der Waals surface area contributed by atoms with E-state index in [-0.39, 0.29) is 24.2 Å². The second-order valence-corrected chi connectivity index (χ2v) is 7.26. The van der Waals surface area contributed by atoms with Crippen molar-refractivity contribution in [2.75, 3.05) is 26.3 Å². The molecule has 1 spiro atoms. The van der Waals surface area contributed by atoms with Crippen LogP contribution in [0, 0.1) is 6.92 Å². The summed E-state index contributed by atoms with van der Waals surface area (Å²) in [4.78, 5) is 18.3. The standard InChI is InChI=1S/C21H24N2O4/c1-16-5-2-3-7-19(16)25-13-20(24)23-14-21(15-23)11-17(8-10-26-21)27-18-6-4-9-22-12-18/h2-7,9,12,17H,8,10-11,13-15H2,1H3. The van der Waals surface area contributed by atoms with Crippen LogP contribution in [0.3, 0.4) is 0 Å². The quantitative estimate of drug-likeness (QED) is 0.812. The third kappa shape index (κ3) is 4.06. The first kappa shape index (κ1) is 17.8. The van der Waals surface area contributed by atoms with Crippen LogP contribution >= 0.6 is 0 Å². The first-order valence-corrected chi connectivity index (χ1v) is 9.30. The Morgan fingerprint density at radius 2 is 2.15 bits per heavy atom. The van der Waals surface area contributed by atoms with Gasteiger partial charge < -0.3 is 19.1 Å². The van der Waals surface area contributed by atoms with Crippen molar-refractivity contribution in [1.82, 2.24) is 9.88 Å². The molecular weight excluding hydrogens is 344 g/mol. The van der Waals surface area contributed by atoms with Gasteiger partial charge in [-0.15, -0.1) is 0 Å². The van der Waals surface area contributed by atoms with E-state index in [1.54, 1.807) is 17.3 Å². The zero-order valence-corrected chi connectivity index (χ0v) is 15.5. The molecule has 0 aliphatic carbocycles. The van der Waals surface area contributed by atoms with Crippen LogP contribution in [-0.4, -0.2) is 53.8 Å². The van der Waals surface area contributed by atoms with E-state index in [1.807, 2.05) is 43.3 Å². The third-order valence-corrected chi connectivity index (χ3v) is 5.14. The van der Waals surface area contributed by atoms with Gasteiger partial charge in [-0.2, -0.15) is 0 Å². The second kappa shape index (κ2) is 7.56. The number of carbonyl (C=O) groups excluding carboxylic acids is 1. The average Bonchev–Trinajstić information content (AvgIpc) is 2.66. The highest BCUT2D eigenvalue weighted by atomic mass is 16.5. The number of benzene rings is 1. The predicted molar refractivity (Wildman–Crippen MR) is 99.8 cm³/mol. The number of amides is 1. The van der Waals surface area contributed by atoms with Crippen molar-refractivity contribution in [2.45, 2.75) is 31.5 Å². The molecule has 0 radical (unpaired) electrons. The number of nitrogens with zero attached hydrogens (tertiary/aromatic N) is 2. The van der Waals surface area contributed by atoms with Crippen molar-refractivity contribution in [1.29, 1.82) is 0 Å². The number of rotatable bonds is 5. The van der Waals surface area contributed by atoms with Crippen LogP contribution < -0.4 is 9.47 Å². The summed E-state index contributed by atoms with van der Waals surface area (Å²) in [6, 6.07) is 11.5. The van der Waals surface area contributed by atoms with E-state index in [2.05, 4.69) is 4.98 Å². The van der Waals surface area contributed by atoms with Gasteiger partial charge in [0.15, 0.2) is 6.61 Å². The van der Waals surface area contributed by atoms with E-state index in [0.717, 1.165) is 29.9 Å². The van der Waals surface area contributed by atoms with Crippen LogP contribution in [0.1, 0.15) is 18.4 Å². The number of ether oxygens (including phenoxy) is 3. The Labute approximate surface area is 159 Å². The monoisotopic (exact) mass is 368 g/mol. The first-order chi connectivity index (χ1) is 13.1. The zero-order chi connectivity index (χ0) is 18.7. The number of carbonyl (C=O) groups is 1. The molecule has 1 atom stereocenters. The predicted octanol–water partition coefficient (Wildman–Crippen LogP) is 2.61. The van der Waals surface area contributed by atoms with E-state index < -0.39 is 0 Å². The minimum atomic E-state index is -0.288. The van der Waals surface area contributed by atoms with Gasteiger partial charge >= 0.3 is 0 Å². The molecule has 2 saturated heterocycles. The Kier molecular flexibility index (Phi) is 4.99. The fourth-order valence-electron chi connectivity index (χ4n) is 3.69. The normalized spacial score (nSPS) is 20.8. The molecular formula is C21H24N2O4. The molecule has 2 aliphatic heterocycles. The maximum Gasteiger partial charge on any atom is 0.260 e. The lowest BCUT2D eigenvalue weighted by molar-refractivity contribution is -0.194. The molecule has 2 aliphatic rings. The molecule has 1 aromatic carbocycles. The highest BCUT2D eigenvalue weighted by Crippen LogP contribution is 2.35. The number of likely N-dealkylation sites (tertiary alicyclic amines) is 1. The van der Waals surface area contributed by atoms with Gasteiger partial charge in [-0.05, 0) is 30.7 Å². The van der Waals surface area contributed by atoms with Gasteiger partial charge in [0.2, 0.25) is 0 Å². The van der Waals surface area contributed by atoms with E-state index >= 15 is 0 Å². The number of pyridine rings is 1. The van der Waals surface area contributed by atoms with Crippen LogP contribution in [0.5, 0.6) is 11.5 Å². The highest BCUT2D eigenvalue weighted by molar-refractivity contribution is 5.79. The van der Waals surface area contributed by atoms with Crippen molar-refractivity contribution in [2.24, 2.45) is 0 Å². The molecule has 6 nitrogen and oxygen atoms in total. The molecule has 6 heteroatoms. The topological polar surface area (TPSA) is 60.9 Å². The summed E-state index contributed by atoms with van der Waals surface area (Å²) < 4.78 is 17.7. The summed E-state index contributed by atoms with van der Waals surface area (Å²) in [5, 5.41) is 0. The molecule has 2 fully saturated rings. The van der Waals surface area contributed by atoms with Crippen molar-refractivity contribution >= 4 is 5.91 Å². The molecule has 0 N–H and O–H groups in total. The maximum absolute atomic E-state index is 12.4. The summed E-state index contributed by atoms with van der Waals surface area (Å²) in [6.07, 6.45) is 5.17. The Bertz CT molecular complexity index is 790. The fourth-order valence-corrected chi connectivity index (χ4v) is 3.69. The summed E-state index contributed by atoms with van der Waals surface area (Å²) in [7, 11) is 0. The number of aromatic nitrogens is 1. The molecule has 142 valence electrons. The van der Waals surface area contributed by atoms with E-state index in [0.29, 0.717) is 19.7 Å². The second-order valence-electron chi connectivity index (χ2n) is 7.26. The Hall–Kier alpha value is -2.60. The number of aryl methyl sites for hydroxylation is 1. The van der Waals surface area contributed by atoms with Crippen molar-refractivity contribution < 1.29 is 19.0 Å². The zero-order valence-electron chi connectivity index (χ0n) is 15.5. The van der Waals surface area contributed by atoms with Gasteiger partial charge in [0.1, 0.15) is 23.2 Å². The van der Waals surface area contributed by atoms with Crippen LogP contribution in [0.4, 0.5) is 0 Å². The van der Waals surface area contributed by atoms with Crippen LogP contribution in [0.15, 0.2) is 48.8 Å².